The molecule has 0 heterocycles. The van der Waals surface area contributed by atoms with E-state index in [1.807, 2.05) is 24.3 Å². The highest BCUT2D eigenvalue weighted by atomic mass is 16.5. The number of esters is 1. The van der Waals surface area contributed by atoms with Gasteiger partial charge in [0.2, 0.25) is 0 Å². The second kappa shape index (κ2) is 7.98. The summed E-state index contributed by atoms with van der Waals surface area (Å²) in [5, 5.41) is 9.45. The molecule has 0 aliphatic carbocycles. The molecule has 0 saturated heterocycles. The maximum atomic E-state index is 11.6. The van der Waals surface area contributed by atoms with Crippen molar-refractivity contribution in [3.05, 3.63) is 59.7 Å². The number of hydrogen-bond acceptors (Lipinski definition) is 4. The van der Waals surface area contributed by atoms with E-state index in [-0.39, 0.29) is 11.9 Å². The molecule has 0 fully saturated rings. The van der Waals surface area contributed by atoms with Crippen LogP contribution in [0.3, 0.4) is 0 Å². The fraction of sp³-hybridized carbons (Fsp3) is 0.200. The second-order valence-electron chi connectivity index (χ2n) is 5.51. The lowest BCUT2D eigenvalue weighted by molar-refractivity contribution is -0.137. The molecule has 4 heteroatoms. The molecule has 0 amide bonds. The quantitative estimate of drug-likeness (QED) is 0.356. The van der Waals surface area contributed by atoms with Crippen molar-refractivity contribution in [2.24, 2.45) is 5.92 Å². The zero-order chi connectivity index (χ0) is 17.5. The van der Waals surface area contributed by atoms with Crippen molar-refractivity contribution in [3.8, 4) is 17.6 Å². The first-order valence-electron chi connectivity index (χ1n) is 7.62. The van der Waals surface area contributed by atoms with Crippen LogP contribution in [0.4, 0.5) is 0 Å². The van der Waals surface area contributed by atoms with Crippen LogP contribution < -0.4 is 9.47 Å². The van der Waals surface area contributed by atoms with E-state index >= 15 is 0 Å². The van der Waals surface area contributed by atoms with Crippen molar-refractivity contribution in [2.45, 2.75) is 13.8 Å². The zero-order valence-corrected chi connectivity index (χ0v) is 13.9. The highest BCUT2D eigenvalue weighted by molar-refractivity contribution is 5.91. The molecule has 0 bridgehead atoms. The normalized spacial score (nSPS) is 11.0. The second-order valence-corrected chi connectivity index (χ2v) is 5.51. The van der Waals surface area contributed by atoms with Gasteiger partial charge in [-0.2, -0.15) is 5.26 Å². The number of ether oxygens (including phenoxy) is 2. The minimum absolute atomic E-state index is 0.180. The molecule has 24 heavy (non-hydrogen) atoms. The average molecular weight is 321 g/mol. The number of carbonyl (C=O) groups is 1. The SMILES string of the molecule is COc1ccccc1/C(C#N)=C\c1ccc(OC(=O)C(C)C)cc1. The molecule has 2 aromatic rings. The summed E-state index contributed by atoms with van der Waals surface area (Å²) >= 11 is 0. The minimum Gasteiger partial charge on any atom is -0.496 e. The summed E-state index contributed by atoms with van der Waals surface area (Å²) in [6.45, 7) is 3.57. The van der Waals surface area contributed by atoms with Gasteiger partial charge in [-0.3, -0.25) is 4.79 Å². The molecule has 0 spiro atoms. The van der Waals surface area contributed by atoms with Crippen LogP contribution in [0.5, 0.6) is 11.5 Å². The van der Waals surface area contributed by atoms with Crippen molar-refractivity contribution in [3.63, 3.8) is 0 Å². The summed E-state index contributed by atoms with van der Waals surface area (Å²) in [6, 6.07) is 16.6. The average Bonchev–Trinajstić information content (AvgIpc) is 2.61. The minimum atomic E-state index is -0.273. The first kappa shape index (κ1) is 17.3. The van der Waals surface area contributed by atoms with Gasteiger partial charge in [0.05, 0.1) is 24.7 Å². The molecule has 0 atom stereocenters. The largest absolute Gasteiger partial charge is 0.496 e. The Kier molecular flexibility index (Phi) is 5.75. The lowest BCUT2D eigenvalue weighted by atomic mass is 10.0. The van der Waals surface area contributed by atoms with Gasteiger partial charge < -0.3 is 9.47 Å². The molecule has 0 unspecified atom stereocenters. The summed E-state index contributed by atoms with van der Waals surface area (Å²) in [5.74, 6) is 0.680. The third-order valence-corrected chi connectivity index (χ3v) is 3.40. The number of carbonyl (C=O) groups excluding carboxylic acids is 1. The van der Waals surface area contributed by atoms with Gasteiger partial charge in [0.25, 0.3) is 0 Å². The van der Waals surface area contributed by atoms with E-state index in [4.69, 9.17) is 9.47 Å². The molecule has 122 valence electrons. The van der Waals surface area contributed by atoms with Gasteiger partial charge >= 0.3 is 5.97 Å². The molecule has 0 aromatic heterocycles. The summed E-state index contributed by atoms with van der Waals surface area (Å²) < 4.78 is 10.5. The van der Waals surface area contributed by atoms with Crippen LogP contribution in [0.2, 0.25) is 0 Å². The topological polar surface area (TPSA) is 59.3 Å². The predicted octanol–water partition coefficient (Wildman–Crippen LogP) is 4.32. The number of methoxy groups -OCH3 is 1. The molecule has 2 aromatic carbocycles. The Balaban J connectivity index is 2.26. The standard InChI is InChI=1S/C20H19NO3/c1-14(2)20(22)24-17-10-8-15(9-11-17)12-16(13-21)18-6-4-5-7-19(18)23-3/h4-12,14H,1-3H3/b16-12-. The van der Waals surface area contributed by atoms with Crippen LogP contribution in [0.25, 0.3) is 11.6 Å². The van der Waals surface area contributed by atoms with E-state index in [9.17, 15) is 10.1 Å². The highest BCUT2D eigenvalue weighted by Crippen LogP contribution is 2.27. The Bertz CT molecular complexity index is 783. The number of para-hydroxylation sites is 1. The van der Waals surface area contributed by atoms with Gasteiger partial charge in [-0.25, -0.2) is 0 Å². The van der Waals surface area contributed by atoms with Crippen molar-refractivity contribution in [1.82, 2.24) is 0 Å². The van der Waals surface area contributed by atoms with Gasteiger partial charge in [-0.15, -0.1) is 0 Å². The van der Waals surface area contributed by atoms with E-state index in [1.165, 1.54) is 0 Å². The lowest BCUT2D eigenvalue weighted by Crippen LogP contribution is -2.14. The Morgan fingerprint density at radius 2 is 1.79 bits per heavy atom. The molecule has 0 aliphatic heterocycles. The van der Waals surface area contributed by atoms with Crippen molar-refractivity contribution in [2.75, 3.05) is 7.11 Å². The van der Waals surface area contributed by atoms with E-state index in [0.29, 0.717) is 17.1 Å². The Morgan fingerprint density at radius 3 is 2.38 bits per heavy atom. The highest BCUT2D eigenvalue weighted by Gasteiger charge is 2.10. The van der Waals surface area contributed by atoms with Gasteiger partial charge in [-0.05, 0) is 35.9 Å². The van der Waals surface area contributed by atoms with E-state index < -0.39 is 0 Å². The first-order valence-corrected chi connectivity index (χ1v) is 7.62. The molecular weight excluding hydrogens is 302 g/mol. The number of benzene rings is 2. The molecule has 0 aliphatic rings. The Morgan fingerprint density at radius 1 is 1.12 bits per heavy atom. The van der Waals surface area contributed by atoms with Gasteiger partial charge in [0, 0.05) is 5.56 Å². The van der Waals surface area contributed by atoms with Crippen molar-refractivity contribution in [1.29, 1.82) is 5.26 Å². The first-order chi connectivity index (χ1) is 11.5. The van der Waals surface area contributed by atoms with Crippen LogP contribution in [0.15, 0.2) is 48.5 Å². The summed E-state index contributed by atoms with van der Waals surface area (Å²) in [6.07, 6.45) is 1.77. The van der Waals surface area contributed by atoms with Gasteiger partial charge in [0.15, 0.2) is 0 Å². The maximum absolute atomic E-state index is 11.6. The van der Waals surface area contributed by atoms with Gasteiger partial charge in [-0.1, -0.05) is 38.1 Å². The number of allylic oxidation sites excluding steroid dienone is 1. The van der Waals surface area contributed by atoms with E-state index in [2.05, 4.69) is 6.07 Å². The Labute approximate surface area is 141 Å². The molecule has 0 N–H and O–H groups in total. The van der Waals surface area contributed by atoms with Crippen LogP contribution in [0, 0.1) is 17.2 Å². The van der Waals surface area contributed by atoms with E-state index in [0.717, 1.165) is 11.1 Å². The smallest absolute Gasteiger partial charge is 0.313 e. The summed E-state index contributed by atoms with van der Waals surface area (Å²) in [7, 11) is 1.58. The third-order valence-electron chi connectivity index (χ3n) is 3.40. The molecule has 4 nitrogen and oxygen atoms in total. The number of nitrogens with zero attached hydrogens (tertiary/aromatic N) is 1. The van der Waals surface area contributed by atoms with E-state index in [1.54, 1.807) is 51.3 Å². The fourth-order valence-corrected chi connectivity index (χ4v) is 2.07. The Hall–Kier alpha value is -3.06. The number of nitriles is 1. The molecule has 0 radical (unpaired) electrons. The third kappa shape index (κ3) is 4.23. The number of rotatable bonds is 5. The lowest BCUT2D eigenvalue weighted by Gasteiger charge is -2.08. The maximum Gasteiger partial charge on any atom is 0.313 e. The van der Waals surface area contributed by atoms with Crippen LogP contribution in [-0.2, 0) is 4.79 Å². The van der Waals surface area contributed by atoms with Crippen LogP contribution in [-0.4, -0.2) is 13.1 Å². The van der Waals surface area contributed by atoms with Gasteiger partial charge in [0.1, 0.15) is 11.5 Å². The van der Waals surface area contributed by atoms with Crippen LogP contribution in [0.1, 0.15) is 25.0 Å². The molecule has 2 rings (SSSR count). The van der Waals surface area contributed by atoms with Crippen molar-refractivity contribution < 1.29 is 14.3 Å². The molecule has 0 saturated carbocycles. The molecular formula is C20H19NO3. The fourth-order valence-electron chi connectivity index (χ4n) is 2.07. The zero-order valence-electron chi connectivity index (χ0n) is 13.9. The van der Waals surface area contributed by atoms with Crippen LogP contribution >= 0.6 is 0 Å². The summed E-state index contributed by atoms with van der Waals surface area (Å²) in [5.41, 5.74) is 2.07. The summed E-state index contributed by atoms with van der Waals surface area (Å²) in [4.78, 5) is 11.6. The monoisotopic (exact) mass is 321 g/mol. The number of hydrogen-bond donors (Lipinski definition) is 0. The van der Waals surface area contributed by atoms with Crippen molar-refractivity contribution >= 4 is 17.6 Å². The predicted molar refractivity (Wildman–Crippen MR) is 93.4 cm³/mol.